The van der Waals surface area contributed by atoms with Crippen LogP contribution in [0.2, 0.25) is 0 Å². The number of rotatable bonds is 7. The Morgan fingerprint density at radius 2 is 1.29 bits per heavy atom. The van der Waals surface area contributed by atoms with Crippen molar-refractivity contribution in [1.29, 1.82) is 0 Å². The molecule has 0 heterocycles. The first-order valence-corrected chi connectivity index (χ1v) is 13.5. The summed E-state index contributed by atoms with van der Waals surface area (Å²) in [5, 5.41) is 4.32. The highest BCUT2D eigenvalue weighted by atomic mass is 32.2. The summed E-state index contributed by atoms with van der Waals surface area (Å²) >= 11 is 0. The van der Waals surface area contributed by atoms with Crippen LogP contribution in [-0.4, -0.2) is 14.1 Å². The van der Waals surface area contributed by atoms with Crippen LogP contribution >= 0.6 is 0 Å². The molecule has 0 atom stereocenters. The third kappa shape index (κ3) is 6.61. The molecule has 0 saturated heterocycles. The molecule has 0 aromatic heterocycles. The van der Waals surface area contributed by atoms with Gasteiger partial charge in [0.15, 0.2) is 0 Å². The Hall–Kier alpha value is -3.36. The van der Waals surface area contributed by atoms with Crippen LogP contribution in [0.3, 0.4) is 0 Å². The Morgan fingerprint density at radius 1 is 0.771 bits per heavy atom. The Morgan fingerprint density at radius 3 is 1.77 bits per heavy atom. The first-order valence-electron chi connectivity index (χ1n) is 12.0. The molecule has 0 amide bonds. The molecule has 0 spiro atoms. The molecular formula is C30H34N2O2S. The summed E-state index contributed by atoms with van der Waals surface area (Å²) in [5.41, 5.74) is 4.67. The van der Waals surface area contributed by atoms with Gasteiger partial charge in [-0.15, -0.1) is 0 Å². The number of nitrogens with one attached hydrogen (secondary N) is 1. The molecule has 0 aliphatic rings. The van der Waals surface area contributed by atoms with E-state index < -0.39 is 10.0 Å². The van der Waals surface area contributed by atoms with Gasteiger partial charge in [-0.05, 0) is 52.5 Å². The molecule has 0 fully saturated rings. The van der Waals surface area contributed by atoms with E-state index in [4.69, 9.17) is 0 Å². The lowest BCUT2D eigenvalue weighted by atomic mass is 9.89. The van der Waals surface area contributed by atoms with Crippen molar-refractivity contribution >= 4 is 15.7 Å². The Kier molecular flexibility index (Phi) is 8.53. The lowest BCUT2D eigenvalue weighted by molar-refractivity contribution is 0.579. The van der Waals surface area contributed by atoms with Gasteiger partial charge in [0.2, 0.25) is 0 Å². The molecule has 0 saturated carbocycles. The molecule has 1 N–H and O–H groups in total. The van der Waals surface area contributed by atoms with E-state index in [1.165, 1.54) is 0 Å². The third-order valence-electron chi connectivity index (χ3n) is 5.77. The normalized spacial score (nSPS) is 12.1. The first kappa shape index (κ1) is 26.2. The smallest absolute Gasteiger partial charge is 0.200 e. The summed E-state index contributed by atoms with van der Waals surface area (Å²) in [6.45, 7) is 12.3. The van der Waals surface area contributed by atoms with Crippen LogP contribution in [0, 0.1) is 11.8 Å². The van der Waals surface area contributed by atoms with Gasteiger partial charge in [-0.3, -0.25) is 0 Å². The molecule has 0 aliphatic heterocycles. The minimum Gasteiger partial charge on any atom is -0.200 e. The van der Waals surface area contributed by atoms with E-state index in [0.29, 0.717) is 16.5 Å². The first-order chi connectivity index (χ1) is 16.6. The van der Waals surface area contributed by atoms with Crippen molar-refractivity contribution in [1.82, 2.24) is 4.83 Å². The molecule has 35 heavy (non-hydrogen) atoms. The Bertz CT molecular complexity index is 1320. The lowest BCUT2D eigenvalue weighted by Gasteiger charge is -2.22. The van der Waals surface area contributed by atoms with Crippen LogP contribution in [-0.2, 0) is 10.0 Å². The SMILES string of the molecule is CC(C)c1cc(C(C)C)c(S(=O)(=O)N/N=C(\C#Cc2ccccc2)c2ccccc2)c(C(C)C)c1. The number of benzene rings is 3. The number of nitrogens with zero attached hydrogens (tertiary/aromatic N) is 1. The number of hydrogen-bond donors (Lipinski definition) is 1. The van der Waals surface area contributed by atoms with Crippen LogP contribution in [0.15, 0.2) is 82.8 Å². The summed E-state index contributed by atoms with van der Waals surface area (Å²) in [6, 6.07) is 23.0. The maximum atomic E-state index is 13.7. The molecule has 0 unspecified atom stereocenters. The van der Waals surface area contributed by atoms with Crippen molar-refractivity contribution < 1.29 is 8.42 Å². The second-order valence-electron chi connectivity index (χ2n) is 9.53. The Balaban J connectivity index is 2.12. The standard InChI is InChI=1S/C30H34N2O2S/c1-21(2)26-19-27(22(3)4)30(28(20-26)23(5)6)35(33,34)32-31-29(25-15-11-8-12-16-25)18-17-24-13-9-7-10-14-24/h7-16,19-23,32H,1-6H3/b31-29+. The van der Waals surface area contributed by atoms with Crippen molar-refractivity contribution in [3.63, 3.8) is 0 Å². The van der Waals surface area contributed by atoms with Crippen LogP contribution in [0.5, 0.6) is 0 Å². The molecule has 0 radical (unpaired) electrons. The van der Waals surface area contributed by atoms with Gasteiger partial charge < -0.3 is 0 Å². The predicted molar refractivity (Wildman–Crippen MR) is 145 cm³/mol. The van der Waals surface area contributed by atoms with E-state index in [2.05, 4.69) is 35.6 Å². The predicted octanol–water partition coefficient (Wildman–Crippen LogP) is 6.79. The van der Waals surface area contributed by atoms with Crippen molar-refractivity contribution in [2.75, 3.05) is 0 Å². The van der Waals surface area contributed by atoms with E-state index in [-0.39, 0.29) is 11.8 Å². The quantitative estimate of drug-likeness (QED) is 0.227. The minimum absolute atomic E-state index is 0.0354. The van der Waals surface area contributed by atoms with Gasteiger partial charge in [0, 0.05) is 11.1 Å². The molecule has 182 valence electrons. The fraction of sp³-hybridized carbons (Fsp3) is 0.300. The van der Waals surface area contributed by atoms with Crippen molar-refractivity contribution in [2.24, 2.45) is 5.10 Å². The molecule has 3 aromatic rings. The zero-order valence-corrected chi connectivity index (χ0v) is 22.1. The number of hydrazone groups is 1. The van der Waals surface area contributed by atoms with Crippen LogP contribution in [0.25, 0.3) is 0 Å². The van der Waals surface area contributed by atoms with E-state index >= 15 is 0 Å². The molecule has 4 nitrogen and oxygen atoms in total. The minimum atomic E-state index is -3.95. The summed E-state index contributed by atoms with van der Waals surface area (Å²) in [7, 11) is -3.95. The Labute approximate surface area is 210 Å². The fourth-order valence-corrected chi connectivity index (χ4v) is 5.28. The topological polar surface area (TPSA) is 58.5 Å². The van der Waals surface area contributed by atoms with E-state index in [1.807, 2.05) is 100 Å². The molecular weight excluding hydrogens is 452 g/mol. The van der Waals surface area contributed by atoms with Crippen LogP contribution in [0.1, 0.15) is 87.1 Å². The summed E-state index contributed by atoms with van der Waals surface area (Å²) < 4.78 is 27.4. The highest BCUT2D eigenvalue weighted by Crippen LogP contribution is 2.35. The lowest BCUT2D eigenvalue weighted by Crippen LogP contribution is -2.24. The second kappa shape index (κ2) is 11.4. The van der Waals surface area contributed by atoms with Gasteiger partial charge in [0.1, 0.15) is 5.71 Å². The van der Waals surface area contributed by atoms with Gasteiger partial charge in [-0.1, -0.05) is 108 Å². The highest BCUT2D eigenvalue weighted by Gasteiger charge is 2.27. The molecule has 3 rings (SSSR count). The van der Waals surface area contributed by atoms with Gasteiger partial charge >= 0.3 is 0 Å². The monoisotopic (exact) mass is 486 g/mol. The zero-order valence-electron chi connectivity index (χ0n) is 21.3. The van der Waals surface area contributed by atoms with E-state index in [1.54, 1.807) is 0 Å². The van der Waals surface area contributed by atoms with E-state index in [0.717, 1.165) is 27.8 Å². The summed E-state index contributed by atoms with van der Waals surface area (Å²) in [5.74, 6) is 6.50. The average Bonchev–Trinajstić information content (AvgIpc) is 2.84. The van der Waals surface area contributed by atoms with Gasteiger partial charge in [0.05, 0.1) is 4.90 Å². The zero-order chi connectivity index (χ0) is 25.6. The molecule has 0 bridgehead atoms. The summed E-state index contributed by atoms with van der Waals surface area (Å²) in [4.78, 5) is 2.83. The van der Waals surface area contributed by atoms with Crippen molar-refractivity contribution in [2.45, 2.75) is 64.2 Å². The van der Waals surface area contributed by atoms with E-state index in [9.17, 15) is 8.42 Å². The maximum absolute atomic E-state index is 13.7. The molecule has 0 aliphatic carbocycles. The average molecular weight is 487 g/mol. The number of sulfonamides is 1. The maximum Gasteiger partial charge on any atom is 0.277 e. The van der Waals surface area contributed by atoms with Gasteiger partial charge in [-0.2, -0.15) is 18.4 Å². The third-order valence-corrected chi connectivity index (χ3v) is 7.11. The number of hydrogen-bond acceptors (Lipinski definition) is 3. The second-order valence-corrected chi connectivity index (χ2v) is 11.1. The fourth-order valence-electron chi connectivity index (χ4n) is 3.76. The molecule has 3 aromatic carbocycles. The van der Waals surface area contributed by atoms with Crippen LogP contribution < -0.4 is 4.83 Å². The highest BCUT2D eigenvalue weighted by molar-refractivity contribution is 7.89. The summed E-state index contributed by atoms with van der Waals surface area (Å²) in [6.07, 6.45) is 0. The van der Waals surface area contributed by atoms with Gasteiger partial charge in [0.25, 0.3) is 10.0 Å². The van der Waals surface area contributed by atoms with Crippen molar-refractivity contribution in [3.8, 4) is 11.8 Å². The largest absolute Gasteiger partial charge is 0.277 e. The van der Waals surface area contributed by atoms with Crippen molar-refractivity contribution in [3.05, 3.63) is 101 Å². The van der Waals surface area contributed by atoms with Crippen LogP contribution in [0.4, 0.5) is 0 Å². The van der Waals surface area contributed by atoms with Gasteiger partial charge in [-0.25, -0.2) is 0 Å². The molecule has 5 heteroatoms.